The molecule has 0 aromatic rings. The van der Waals surface area contributed by atoms with Crippen molar-refractivity contribution in [2.24, 2.45) is 0 Å². The topological polar surface area (TPSA) is 32.3 Å². The molecule has 0 aromatic heterocycles. The molecule has 0 bridgehead atoms. The van der Waals surface area contributed by atoms with Gasteiger partial charge in [-0.2, -0.15) is 0 Å². The van der Waals surface area contributed by atoms with Gasteiger partial charge in [0.05, 0.1) is 0 Å². The fourth-order valence-corrected chi connectivity index (χ4v) is 0.209. The highest BCUT2D eigenvalue weighted by molar-refractivity contribution is 4.99. The second kappa shape index (κ2) is 3.66. The molecule has 40 valence electrons. The highest BCUT2D eigenvalue weighted by Gasteiger charge is 1.85. The van der Waals surface area contributed by atoms with Crippen LogP contribution in [0.1, 0.15) is 6.92 Å². The first-order valence-electron chi connectivity index (χ1n) is 2.09. The van der Waals surface area contributed by atoms with Crippen molar-refractivity contribution in [3.05, 3.63) is 0 Å². The van der Waals surface area contributed by atoms with Gasteiger partial charge in [-0.3, -0.25) is 5.32 Å². The number of aliphatic hydroxyl groups is 1. The van der Waals surface area contributed by atoms with Gasteiger partial charge in [0, 0.05) is 0 Å². The van der Waals surface area contributed by atoms with Crippen molar-refractivity contribution in [3.63, 3.8) is 0 Å². The molecule has 0 rings (SSSR count). The summed E-state index contributed by atoms with van der Waals surface area (Å²) in [6.45, 7) is 1.68. The molecule has 2 heteroatoms. The lowest BCUT2D eigenvalue weighted by molar-refractivity contribution is 0.205. The zero-order chi connectivity index (χ0) is 5.70. The molecule has 1 atom stereocenters. The summed E-state index contributed by atoms with van der Waals surface area (Å²) in [5, 5.41) is 11.1. The van der Waals surface area contributed by atoms with Crippen molar-refractivity contribution in [1.29, 1.82) is 0 Å². The van der Waals surface area contributed by atoms with E-state index >= 15 is 0 Å². The maximum atomic E-state index is 8.57. The Hall–Kier alpha value is -0.520. The summed E-state index contributed by atoms with van der Waals surface area (Å²) >= 11 is 0. The van der Waals surface area contributed by atoms with Crippen LogP contribution in [0.3, 0.4) is 0 Å². The van der Waals surface area contributed by atoms with Crippen LogP contribution in [0, 0.1) is 11.8 Å². The van der Waals surface area contributed by atoms with Crippen LogP contribution < -0.4 is 5.32 Å². The van der Waals surface area contributed by atoms with Crippen LogP contribution in [0.25, 0.3) is 0 Å². The Morgan fingerprint density at radius 2 is 2.29 bits per heavy atom. The van der Waals surface area contributed by atoms with E-state index in [2.05, 4.69) is 17.2 Å². The Labute approximate surface area is 43.5 Å². The summed E-state index contributed by atoms with van der Waals surface area (Å²) in [7, 11) is 1.65. The van der Waals surface area contributed by atoms with E-state index in [1.807, 2.05) is 0 Å². The van der Waals surface area contributed by atoms with Gasteiger partial charge in [0.1, 0.15) is 0 Å². The van der Waals surface area contributed by atoms with E-state index in [0.717, 1.165) is 0 Å². The minimum Gasteiger partial charge on any atom is -0.367 e. The Bertz CT molecular complexity index is 90.0. The van der Waals surface area contributed by atoms with Gasteiger partial charge < -0.3 is 5.11 Å². The Morgan fingerprint density at radius 3 is 2.43 bits per heavy atom. The first-order valence-corrected chi connectivity index (χ1v) is 2.09. The van der Waals surface area contributed by atoms with Gasteiger partial charge >= 0.3 is 0 Å². The molecule has 2 nitrogen and oxygen atoms in total. The minimum atomic E-state index is -0.662. The average molecular weight is 99.1 g/mol. The Morgan fingerprint density at radius 1 is 1.71 bits per heavy atom. The summed E-state index contributed by atoms with van der Waals surface area (Å²) in [6.07, 6.45) is -0.662. The number of hydrogen-bond donors (Lipinski definition) is 2. The van der Waals surface area contributed by atoms with E-state index in [0.29, 0.717) is 0 Å². The monoisotopic (exact) mass is 99.1 g/mol. The molecule has 7 heavy (non-hydrogen) atoms. The molecule has 0 aromatic carbocycles. The first kappa shape index (κ1) is 6.48. The van der Waals surface area contributed by atoms with Crippen LogP contribution >= 0.6 is 0 Å². The number of hydrogen-bond acceptors (Lipinski definition) is 2. The molecule has 0 aliphatic heterocycles. The number of nitrogens with one attached hydrogen (secondary N) is 1. The zero-order valence-corrected chi connectivity index (χ0v) is 4.52. The molecule has 0 aliphatic carbocycles. The van der Waals surface area contributed by atoms with Crippen LogP contribution in [0.15, 0.2) is 0 Å². The van der Waals surface area contributed by atoms with Gasteiger partial charge in [-0.25, -0.2) is 0 Å². The van der Waals surface area contributed by atoms with Crippen LogP contribution in [-0.4, -0.2) is 18.4 Å². The predicted octanol–water partition coefficient (Wildman–Crippen LogP) is -0.453. The lowest BCUT2D eigenvalue weighted by Gasteiger charge is -1.95. The molecule has 0 saturated carbocycles. The van der Waals surface area contributed by atoms with E-state index in [1.165, 1.54) is 0 Å². The number of aliphatic hydroxyl groups excluding tert-OH is 1. The fourth-order valence-electron chi connectivity index (χ4n) is 0.209. The smallest absolute Gasteiger partial charge is 0.168 e. The van der Waals surface area contributed by atoms with E-state index in [1.54, 1.807) is 14.0 Å². The summed E-state index contributed by atoms with van der Waals surface area (Å²) < 4.78 is 0. The fraction of sp³-hybridized carbons (Fsp3) is 0.600. The third-order valence-corrected chi connectivity index (χ3v) is 0.554. The molecule has 2 N–H and O–H groups in total. The third kappa shape index (κ3) is 3.31. The molecule has 0 amide bonds. The molecular formula is C5H9NO. The van der Waals surface area contributed by atoms with Gasteiger partial charge in [-0.05, 0) is 14.0 Å². The second-order valence-corrected chi connectivity index (χ2v) is 1.09. The van der Waals surface area contributed by atoms with Crippen molar-refractivity contribution in [1.82, 2.24) is 5.32 Å². The summed E-state index contributed by atoms with van der Waals surface area (Å²) in [5.41, 5.74) is 0. The first-order chi connectivity index (χ1) is 3.31. The van der Waals surface area contributed by atoms with E-state index in [-0.39, 0.29) is 0 Å². The van der Waals surface area contributed by atoms with Crippen molar-refractivity contribution in [3.8, 4) is 11.8 Å². The molecule has 0 spiro atoms. The van der Waals surface area contributed by atoms with E-state index in [9.17, 15) is 0 Å². The van der Waals surface area contributed by atoms with Gasteiger partial charge in [-0.15, -0.1) is 5.92 Å². The van der Waals surface area contributed by atoms with Crippen LogP contribution in [0.5, 0.6) is 0 Å². The quantitative estimate of drug-likeness (QED) is 0.344. The summed E-state index contributed by atoms with van der Waals surface area (Å²) in [6, 6.07) is 0. The molecule has 1 unspecified atom stereocenters. The normalized spacial score (nSPS) is 11.9. The third-order valence-electron chi connectivity index (χ3n) is 0.554. The highest BCUT2D eigenvalue weighted by Crippen LogP contribution is 1.64. The van der Waals surface area contributed by atoms with Crippen LogP contribution in [0.4, 0.5) is 0 Å². The predicted molar refractivity (Wildman–Crippen MR) is 28.5 cm³/mol. The molecule has 0 fully saturated rings. The standard InChI is InChI=1S/C5H9NO/c1-3-4-5(7)6-2/h5-7H,1-2H3. The molecule has 0 saturated heterocycles. The maximum absolute atomic E-state index is 8.57. The van der Waals surface area contributed by atoms with Crippen molar-refractivity contribution in [2.75, 3.05) is 7.05 Å². The van der Waals surface area contributed by atoms with Crippen LogP contribution in [0.2, 0.25) is 0 Å². The average Bonchev–Trinajstić information content (AvgIpc) is 1.68. The lowest BCUT2D eigenvalue weighted by Crippen LogP contribution is -2.21. The zero-order valence-electron chi connectivity index (χ0n) is 4.52. The highest BCUT2D eigenvalue weighted by atomic mass is 16.3. The van der Waals surface area contributed by atoms with Gasteiger partial charge in [-0.1, -0.05) is 5.92 Å². The molecule has 0 radical (unpaired) electrons. The lowest BCUT2D eigenvalue weighted by atomic mass is 10.5. The summed E-state index contributed by atoms with van der Waals surface area (Å²) in [4.78, 5) is 0. The van der Waals surface area contributed by atoms with E-state index < -0.39 is 6.23 Å². The van der Waals surface area contributed by atoms with Crippen LogP contribution in [-0.2, 0) is 0 Å². The van der Waals surface area contributed by atoms with Gasteiger partial charge in [0.25, 0.3) is 0 Å². The van der Waals surface area contributed by atoms with Gasteiger partial charge in [0.2, 0.25) is 0 Å². The SMILES string of the molecule is CC#CC(O)NC. The minimum absolute atomic E-state index is 0.662. The van der Waals surface area contributed by atoms with Gasteiger partial charge in [0.15, 0.2) is 6.23 Å². The molecule has 0 heterocycles. The van der Waals surface area contributed by atoms with Crippen molar-refractivity contribution < 1.29 is 5.11 Å². The molecule has 0 aliphatic rings. The second-order valence-electron chi connectivity index (χ2n) is 1.09. The van der Waals surface area contributed by atoms with Crippen molar-refractivity contribution in [2.45, 2.75) is 13.2 Å². The summed E-state index contributed by atoms with van der Waals surface area (Å²) in [5.74, 6) is 5.05. The molecular weight excluding hydrogens is 90.1 g/mol. The maximum Gasteiger partial charge on any atom is 0.168 e. The Kier molecular flexibility index (Phi) is 3.39. The largest absolute Gasteiger partial charge is 0.367 e. The van der Waals surface area contributed by atoms with Crippen molar-refractivity contribution >= 4 is 0 Å². The number of rotatable bonds is 1. The Balaban J connectivity index is 3.29. The van der Waals surface area contributed by atoms with E-state index in [4.69, 9.17) is 5.11 Å².